The number of benzene rings is 4. The van der Waals surface area contributed by atoms with Crippen molar-refractivity contribution in [1.82, 2.24) is 4.57 Å². The maximum absolute atomic E-state index is 13.1. The summed E-state index contributed by atoms with van der Waals surface area (Å²) in [5, 5.41) is 3.95. The third-order valence-electron chi connectivity index (χ3n) is 6.19. The van der Waals surface area contributed by atoms with E-state index in [0.29, 0.717) is 5.56 Å². The van der Waals surface area contributed by atoms with Crippen molar-refractivity contribution in [1.29, 1.82) is 0 Å². The standard InChI is InChI=1S/C22H21N.C10H12F2/c1-22(2,3)23-20-14-13-16-9-7-8-12-18(16)19(20)15-21(23)17-10-5-4-6-11-17;1-10(2,3)8-5-4-7(11)6-9(8)12/h4-15H,1-3H3;4-6H,1-3H3. The monoisotopic (exact) mass is 469 g/mol. The summed E-state index contributed by atoms with van der Waals surface area (Å²) in [6, 6.07) is 29.8. The molecule has 0 aliphatic heterocycles. The molecule has 0 atom stereocenters. The summed E-state index contributed by atoms with van der Waals surface area (Å²) >= 11 is 0. The van der Waals surface area contributed by atoms with Crippen LogP contribution in [0.4, 0.5) is 8.78 Å². The minimum absolute atomic E-state index is 0.0232. The molecule has 0 N–H and O–H groups in total. The first-order valence-corrected chi connectivity index (χ1v) is 12.0. The predicted molar refractivity (Wildman–Crippen MR) is 145 cm³/mol. The minimum atomic E-state index is -0.527. The molecule has 0 amide bonds. The van der Waals surface area contributed by atoms with Crippen LogP contribution in [0.25, 0.3) is 32.9 Å². The zero-order valence-electron chi connectivity index (χ0n) is 21.4. The lowest BCUT2D eigenvalue weighted by Crippen LogP contribution is -2.22. The second-order valence-corrected chi connectivity index (χ2v) is 11.0. The Kier molecular flexibility index (Phi) is 6.55. The van der Waals surface area contributed by atoms with Crippen molar-refractivity contribution in [3.05, 3.63) is 108 Å². The Morgan fingerprint density at radius 1 is 0.629 bits per heavy atom. The van der Waals surface area contributed by atoms with E-state index in [9.17, 15) is 8.78 Å². The van der Waals surface area contributed by atoms with Gasteiger partial charge in [-0.3, -0.25) is 0 Å². The molecule has 5 aromatic rings. The van der Waals surface area contributed by atoms with E-state index in [4.69, 9.17) is 0 Å². The molecule has 0 radical (unpaired) electrons. The van der Waals surface area contributed by atoms with Crippen LogP contribution in [0.1, 0.15) is 47.1 Å². The normalized spacial score (nSPS) is 12.0. The highest BCUT2D eigenvalue weighted by atomic mass is 19.1. The van der Waals surface area contributed by atoms with E-state index in [1.807, 2.05) is 20.8 Å². The highest BCUT2D eigenvalue weighted by Gasteiger charge is 2.22. The molecule has 0 spiro atoms. The number of fused-ring (bicyclic) bond motifs is 3. The van der Waals surface area contributed by atoms with E-state index in [1.165, 1.54) is 45.1 Å². The highest BCUT2D eigenvalue weighted by Crippen LogP contribution is 2.37. The molecule has 0 aliphatic rings. The number of hydrogen-bond acceptors (Lipinski definition) is 0. The van der Waals surface area contributed by atoms with Crippen molar-refractivity contribution < 1.29 is 8.78 Å². The molecule has 0 saturated heterocycles. The Morgan fingerprint density at radius 3 is 1.91 bits per heavy atom. The van der Waals surface area contributed by atoms with E-state index < -0.39 is 11.6 Å². The van der Waals surface area contributed by atoms with Crippen molar-refractivity contribution in [2.45, 2.75) is 52.5 Å². The Labute approximate surface area is 207 Å². The molecule has 1 aromatic heterocycles. The van der Waals surface area contributed by atoms with Crippen molar-refractivity contribution in [3.63, 3.8) is 0 Å². The van der Waals surface area contributed by atoms with Gasteiger partial charge < -0.3 is 4.57 Å². The SMILES string of the molecule is CC(C)(C)c1ccc(F)cc1F.CC(C)(C)n1c(-c2ccccc2)cc2c3ccccc3ccc21. The summed E-state index contributed by atoms with van der Waals surface area (Å²) in [6.07, 6.45) is 0. The molecule has 35 heavy (non-hydrogen) atoms. The van der Waals surface area contributed by atoms with Gasteiger partial charge in [0, 0.05) is 28.2 Å². The second kappa shape index (κ2) is 9.30. The number of aromatic nitrogens is 1. The Bertz CT molecular complexity index is 1470. The third kappa shape index (κ3) is 5.14. The van der Waals surface area contributed by atoms with Crippen LogP contribution < -0.4 is 0 Å². The van der Waals surface area contributed by atoms with Gasteiger partial charge in [-0.05, 0) is 66.3 Å². The number of rotatable bonds is 1. The molecule has 1 heterocycles. The van der Waals surface area contributed by atoms with E-state index >= 15 is 0 Å². The average Bonchev–Trinajstić information content (AvgIpc) is 3.20. The van der Waals surface area contributed by atoms with Crippen molar-refractivity contribution >= 4 is 21.7 Å². The zero-order valence-corrected chi connectivity index (χ0v) is 21.4. The van der Waals surface area contributed by atoms with Gasteiger partial charge >= 0.3 is 0 Å². The van der Waals surface area contributed by atoms with Crippen LogP contribution in [0.5, 0.6) is 0 Å². The fourth-order valence-corrected chi connectivity index (χ4v) is 4.60. The second-order valence-electron chi connectivity index (χ2n) is 11.0. The van der Waals surface area contributed by atoms with Crippen molar-refractivity contribution in [3.8, 4) is 11.3 Å². The minimum Gasteiger partial charge on any atom is -0.335 e. The van der Waals surface area contributed by atoms with Gasteiger partial charge in [-0.2, -0.15) is 0 Å². The quantitative estimate of drug-likeness (QED) is 0.230. The largest absolute Gasteiger partial charge is 0.335 e. The lowest BCUT2D eigenvalue weighted by Gasteiger charge is -2.26. The maximum atomic E-state index is 13.1. The van der Waals surface area contributed by atoms with Crippen molar-refractivity contribution in [2.24, 2.45) is 0 Å². The van der Waals surface area contributed by atoms with Gasteiger partial charge in [-0.1, -0.05) is 87.5 Å². The van der Waals surface area contributed by atoms with Crippen molar-refractivity contribution in [2.75, 3.05) is 0 Å². The first-order chi connectivity index (χ1) is 16.5. The molecule has 5 rings (SSSR count). The average molecular weight is 470 g/mol. The van der Waals surface area contributed by atoms with Gasteiger partial charge in [-0.15, -0.1) is 0 Å². The van der Waals surface area contributed by atoms with Gasteiger partial charge in [0.05, 0.1) is 0 Å². The Morgan fingerprint density at radius 2 is 1.29 bits per heavy atom. The third-order valence-corrected chi connectivity index (χ3v) is 6.19. The molecular formula is C32H33F2N. The van der Waals surface area contributed by atoms with Crippen LogP contribution in [-0.2, 0) is 11.0 Å². The van der Waals surface area contributed by atoms with Crippen LogP contribution in [-0.4, -0.2) is 4.57 Å². The smallest absolute Gasteiger partial charge is 0.129 e. The summed E-state index contributed by atoms with van der Waals surface area (Å²) in [5.41, 5.74) is 4.15. The molecule has 0 aliphatic carbocycles. The number of halogens is 2. The summed E-state index contributed by atoms with van der Waals surface area (Å²) in [7, 11) is 0. The van der Waals surface area contributed by atoms with E-state index in [-0.39, 0.29) is 11.0 Å². The topological polar surface area (TPSA) is 4.93 Å². The van der Waals surface area contributed by atoms with Crippen LogP contribution in [0.2, 0.25) is 0 Å². The first-order valence-electron chi connectivity index (χ1n) is 12.0. The summed E-state index contributed by atoms with van der Waals surface area (Å²) in [5.74, 6) is -0.997. The fraction of sp³-hybridized carbons (Fsp3) is 0.250. The first kappa shape index (κ1) is 24.7. The fourth-order valence-electron chi connectivity index (χ4n) is 4.60. The molecule has 0 unspecified atom stereocenters. The van der Waals surface area contributed by atoms with Gasteiger partial charge in [0.2, 0.25) is 0 Å². The van der Waals surface area contributed by atoms with Gasteiger partial charge in [0.1, 0.15) is 11.6 Å². The molecule has 3 heteroatoms. The zero-order chi connectivity index (χ0) is 25.4. The Hall–Kier alpha value is -3.46. The maximum Gasteiger partial charge on any atom is 0.129 e. The summed E-state index contributed by atoms with van der Waals surface area (Å²) in [6.45, 7) is 12.5. The highest BCUT2D eigenvalue weighted by molar-refractivity contribution is 6.08. The molecule has 0 fully saturated rings. The lowest BCUT2D eigenvalue weighted by molar-refractivity contribution is 0.415. The molecule has 1 nitrogen and oxygen atoms in total. The predicted octanol–water partition coefficient (Wildman–Crippen LogP) is 9.48. The number of nitrogens with zero attached hydrogens (tertiary/aromatic N) is 1. The summed E-state index contributed by atoms with van der Waals surface area (Å²) < 4.78 is 28.1. The van der Waals surface area contributed by atoms with Crippen LogP contribution >= 0.6 is 0 Å². The van der Waals surface area contributed by atoms with Crippen LogP contribution in [0.3, 0.4) is 0 Å². The van der Waals surface area contributed by atoms with E-state index in [2.05, 4.69) is 98.1 Å². The van der Waals surface area contributed by atoms with Crippen LogP contribution in [0, 0.1) is 11.6 Å². The Balaban J connectivity index is 0.000000204. The summed E-state index contributed by atoms with van der Waals surface area (Å²) in [4.78, 5) is 0. The molecule has 4 aromatic carbocycles. The molecule has 180 valence electrons. The van der Waals surface area contributed by atoms with E-state index in [0.717, 1.165) is 6.07 Å². The molecule has 0 saturated carbocycles. The van der Waals surface area contributed by atoms with Gasteiger partial charge in [0.25, 0.3) is 0 Å². The van der Waals surface area contributed by atoms with Gasteiger partial charge in [0.15, 0.2) is 0 Å². The van der Waals surface area contributed by atoms with Gasteiger partial charge in [-0.25, -0.2) is 8.78 Å². The number of hydrogen-bond donors (Lipinski definition) is 0. The molecule has 0 bridgehead atoms. The van der Waals surface area contributed by atoms with Crippen LogP contribution in [0.15, 0.2) is 91.0 Å². The lowest BCUT2D eigenvalue weighted by atomic mass is 9.87. The van der Waals surface area contributed by atoms with E-state index in [1.54, 1.807) is 0 Å². The molecular weight excluding hydrogens is 436 g/mol.